The van der Waals surface area contributed by atoms with Crippen molar-refractivity contribution in [1.29, 1.82) is 0 Å². The molecule has 0 radical (unpaired) electrons. The van der Waals surface area contributed by atoms with Gasteiger partial charge in [-0.1, -0.05) is 50.6 Å². The molecule has 0 unspecified atom stereocenters. The van der Waals surface area contributed by atoms with Crippen molar-refractivity contribution in [3.8, 4) is 0 Å². The van der Waals surface area contributed by atoms with Gasteiger partial charge in [-0.25, -0.2) is 4.39 Å². The van der Waals surface area contributed by atoms with Crippen LogP contribution in [0.15, 0.2) is 59.5 Å². The summed E-state index contributed by atoms with van der Waals surface area (Å²) in [7, 11) is 0. The van der Waals surface area contributed by atoms with E-state index in [1.165, 1.54) is 6.07 Å². The zero-order valence-electron chi connectivity index (χ0n) is 16.3. The summed E-state index contributed by atoms with van der Waals surface area (Å²) in [4.78, 5) is 37.3. The summed E-state index contributed by atoms with van der Waals surface area (Å²) in [6.45, 7) is 3.74. The number of nitrogens with one attached hydrogen (secondary N) is 3. The molecule has 0 aliphatic carbocycles. The van der Waals surface area contributed by atoms with Crippen molar-refractivity contribution in [2.75, 3.05) is 5.75 Å². The second kappa shape index (κ2) is 11.2. The highest BCUT2D eigenvalue weighted by Gasteiger charge is 2.26. The van der Waals surface area contributed by atoms with Crippen LogP contribution in [0.25, 0.3) is 0 Å². The molecule has 3 N–H and O–H groups in total. The van der Waals surface area contributed by atoms with Crippen LogP contribution in [0.1, 0.15) is 30.6 Å². The fourth-order valence-electron chi connectivity index (χ4n) is 2.47. The molecule has 0 aromatic heterocycles. The van der Waals surface area contributed by atoms with Gasteiger partial charge in [-0.15, -0.1) is 11.8 Å². The molecule has 0 heterocycles. The normalized spacial score (nSPS) is 12.5. The van der Waals surface area contributed by atoms with Gasteiger partial charge in [-0.3, -0.25) is 25.2 Å². The number of carbonyl (C=O) groups excluding carboxylic acids is 3. The third kappa shape index (κ3) is 6.90. The maximum absolute atomic E-state index is 13.6. The van der Waals surface area contributed by atoms with Gasteiger partial charge in [0.1, 0.15) is 11.9 Å². The molecule has 0 aliphatic rings. The zero-order valence-corrected chi connectivity index (χ0v) is 17.1. The van der Waals surface area contributed by atoms with Crippen LogP contribution in [0.2, 0.25) is 0 Å². The Labute approximate surface area is 173 Å². The monoisotopic (exact) mass is 417 g/mol. The summed E-state index contributed by atoms with van der Waals surface area (Å²) in [6.07, 6.45) is 0.657. The van der Waals surface area contributed by atoms with Gasteiger partial charge >= 0.3 is 0 Å². The molecule has 3 amide bonds. The van der Waals surface area contributed by atoms with Gasteiger partial charge in [0.2, 0.25) is 5.91 Å². The van der Waals surface area contributed by atoms with Gasteiger partial charge in [0.05, 0.1) is 5.75 Å². The number of hydrogen-bond acceptors (Lipinski definition) is 4. The summed E-state index contributed by atoms with van der Waals surface area (Å²) in [5, 5.41) is 2.72. The Kier molecular flexibility index (Phi) is 8.67. The molecule has 8 heteroatoms. The quantitative estimate of drug-likeness (QED) is 0.455. The average molecular weight is 418 g/mol. The molecule has 0 bridgehead atoms. The highest BCUT2D eigenvalue weighted by Crippen LogP contribution is 2.20. The number of thioether (sulfide) groups is 1. The SMILES string of the molecule is CC[C@H](C)[C@H](NC(=O)c1ccccc1)C(=O)NNC(=O)CSc1ccccc1F. The Bertz CT molecular complexity index is 848. The van der Waals surface area contributed by atoms with Crippen LogP contribution in [0.5, 0.6) is 0 Å². The van der Waals surface area contributed by atoms with E-state index >= 15 is 0 Å². The van der Waals surface area contributed by atoms with E-state index in [0.29, 0.717) is 16.9 Å². The molecule has 2 aromatic rings. The van der Waals surface area contributed by atoms with Crippen LogP contribution in [0, 0.1) is 11.7 Å². The van der Waals surface area contributed by atoms with Crippen LogP contribution >= 0.6 is 11.8 Å². The van der Waals surface area contributed by atoms with Crippen molar-refractivity contribution >= 4 is 29.5 Å². The Hall–Kier alpha value is -2.87. The first-order chi connectivity index (χ1) is 13.9. The molecule has 29 heavy (non-hydrogen) atoms. The fraction of sp³-hybridized carbons (Fsp3) is 0.286. The summed E-state index contributed by atoms with van der Waals surface area (Å²) in [5.41, 5.74) is 5.10. The van der Waals surface area contributed by atoms with Crippen molar-refractivity contribution < 1.29 is 18.8 Å². The third-order valence-corrected chi connectivity index (χ3v) is 5.39. The van der Waals surface area contributed by atoms with Crippen LogP contribution in [-0.4, -0.2) is 29.5 Å². The van der Waals surface area contributed by atoms with Crippen LogP contribution < -0.4 is 16.2 Å². The van der Waals surface area contributed by atoms with Crippen molar-refractivity contribution in [2.45, 2.75) is 31.2 Å². The average Bonchev–Trinajstić information content (AvgIpc) is 2.75. The lowest BCUT2D eigenvalue weighted by Gasteiger charge is -2.23. The molecule has 6 nitrogen and oxygen atoms in total. The Morgan fingerprint density at radius 1 is 1.00 bits per heavy atom. The predicted octanol–water partition coefficient (Wildman–Crippen LogP) is 2.91. The van der Waals surface area contributed by atoms with E-state index in [1.54, 1.807) is 48.5 Å². The maximum Gasteiger partial charge on any atom is 0.261 e. The minimum absolute atomic E-state index is 0.0639. The summed E-state index contributed by atoms with van der Waals surface area (Å²) >= 11 is 1.03. The molecule has 0 saturated carbocycles. The Morgan fingerprint density at radius 3 is 2.31 bits per heavy atom. The van der Waals surface area contributed by atoms with Crippen LogP contribution in [-0.2, 0) is 9.59 Å². The Balaban J connectivity index is 1.89. The summed E-state index contributed by atoms with van der Waals surface area (Å²) in [6, 6.07) is 13.9. The first-order valence-electron chi connectivity index (χ1n) is 9.24. The van der Waals surface area contributed by atoms with Crippen molar-refractivity contribution in [2.24, 2.45) is 5.92 Å². The molecule has 154 valence electrons. The molecule has 0 aliphatic heterocycles. The molecule has 2 aromatic carbocycles. The van der Waals surface area contributed by atoms with E-state index in [1.807, 2.05) is 13.8 Å². The summed E-state index contributed by atoms with van der Waals surface area (Å²) < 4.78 is 13.6. The Morgan fingerprint density at radius 2 is 1.66 bits per heavy atom. The minimum Gasteiger partial charge on any atom is -0.340 e. The molecule has 2 atom stereocenters. The number of carbonyl (C=O) groups is 3. The molecular weight excluding hydrogens is 393 g/mol. The highest BCUT2D eigenvalue weighted by molar-refractivity contribution is 8.00. The second-order valence-corrected chi connectivity index (χ2v) is 7.48. The van der Waals surface area contributed by atoms with E-state index in [4.69, 9.17) is 0 Å². The van der Waals surface area contributed by atoms with Crippen molar-refractivity contribution in [3.05, 3.63) is 66.0 Å². The van der Waals surface area contributed by atoms with E-state index in [0.717, 1.165) is 11.8 Å². The van der Waals surface area contributed by atoms with Gasteiger partial charge < -0.3 is 5.32 Å². The number of hydrogen-bond donors (Lipinski definition) is 3. The first-order valence-corrected chi connectivity index (χ1v) is 10.2. The van der Waals surface area contributed by atoms with Gasteiger partial charge in [0.15, 0.2) is 0 Å². The standard InChI is InChI=1S/C21H24FN3O3S/c1-3-14(2)19(23-20(27)15-9-5-4-6-10-15)21(28)25-24-18(26)13-29-17-12-8-7-11-16(17)22/h4-12,14,19H,3,13H2,1-2H3,(H,23,27)(H,24,26)(H,25,28)/t14-,19-/m0/s1. The van der Waals surface area contributed by atoms with E-state index in [2.05, 4.69) is 16.2 Å². The van der Waals surface area contributed by atoms with Crippen LogP contribution in [0.4, 0.5) is 4.39 Å². The lowest BCUT2D eigenvalue weighted by molar-refractivity contribution is -0.129. The largest absolute Gasteiger partial charge is 0.340 e. The molecule has 0 fully saturated rings. The number of benzene rings is 2. The molecular formula is C21H24FN3O3S. The van der Waals surface area contributed by atoms with Crippen LogP contribution in [0.3, 0.4) is 0 Å². The highest BCUT2D eigenvalue weighted by atomic mass is 32.2. The predicted molar refractivity (Wildman–Crippen MR) is 111 cm³/mol. The number of hydrazine groups is 1. The zero-order chi connectivity index (χ0) is 21.2. The molecule has 0 saturated heterocycles. The maximum atomic E-state index is 13.6. The number of halogens is 1. The van der Waals surface area contributed by atoms with Gasteiger partial charge in [-0.2, -0.15) is 0 Å². The van der Waals surface area contributed by atoms with E-state index in [-0.39, 0.29) is 17.6 Å². The van der Waals surface area contributed by atoms with Gasteiger partial charge in [-0.05, 0) is 30.2 Å². The first kappa shape index (κ1) is 22.4. The lowest BCUT2D eigenvalue weighted by atomic mass is 9.98. The minimum atomic E-state index is -0.813. The van der Waals surface area contributed by atoms with Crippen molar-refractivity contribution in [3.63, 3.8) is 0 Å². The smallest absolute Gasteiger partial charge is 0.261 e. The number of rotatable bonds is 8. The fourth-order valence-corrected chi connectivity index (χ4v) is 3.21. The van der Waals surface area contributed by atoms with Crippen molar-refractivity contribution in [1.82, 2.24) is 16.2 Å². The van der Waals surface area contributed by atoms with E-state index in [9.17, 15) is 18.8 Å². The van der Waals surface area contributed by atoms with Gasteiger partial charge in [0.25, 0.3) is 11.8 Å². The molecule has 0 spiro atoms. The van der Waals surface area contributed by atoms with E-state index < -0.39 is 23.7 Å². The third-order valence-electron chi connectivity index (χ3n) is 4.34. The summed E-state index contributed by atoms with van der Waals surface area (Å²) in [5.74, 6) is -1.99. The second-order valence-electron chi connectivity index (χ2n) is 6.46. The van der Waals surface area contributed by atoms with Gasteiger partial charge in [0, 0.05) is 10.5 Å². The number of amides is 3. The molecule has 2 rings (SSSR count). The lowest BCUT2D eigenvalue weighted by Crippen LogP contribution is -2.55. The topological polar surface area (TPSA) is 87.3 Å².